The van der Waals surface area contributed by atoms with Gasteiger partial charge in [-0.05, 0) is 17.7 Å². The van der Waals surface area contributed by atoms with E-state index in [4.69, 9.17) is 18.2 Å². The van der Waals surface area contributed by atoms with E-state index in [9.17, 15) is 4.39 Å². The third kappa shape index (κ3) is 1.77. The molecular weight excluding hydrogens is 244 g/mol. The van der Waals surface area contributed by atoms with E-state index in [0.29, 0.717) is 16.6 Å². The van der Waals surface area contributed by atoms with Crippen LogP contribution in [-0.4, -0.2) is 0 Å². The van der Waals surface area contributed by atoms with E-state index < -0.39 is 5.82 Å². The van der Waals surface area contributed by atoms with Crippen molar-refractivity contribution in [3.63, 3.8) is 0 Å². The third-order valence-electron chi connectivity index (χ3n) is 1.36. The molecular formula is C8H4BrClFN. The summed E-state index contributed by atoms with van der Waals surface area (Å²) < 4.78 is 12.7. The van der Waals surface area contributed by atoms with E-state index in [1.54, 1.807) is 0 Å². The normalized spacial score (nSPS) is 9.50. The average Bonchev–Trinajstić information content (AvgIpc) is 2.03. The number of alkyl halides is 1. The Morgan fingerprint density at radius 1 is 1.58 bits per heavy atom. The average molecular weight is 248 g/mol. The minimum Gasteiger partial charge on any atom is -0.236 e. The molecule has 0 bridgehead atoms. The summed E-state index contributed by atoms with van der Waals surface area (Å²) in [6, 6.07) is 2.44. The Hall–Kier alpha value is -0.590. The first-order valence-electron chi connectivity index (χ1n) is 3.10. The summed E-state index contributed by atoms with van der Waals surface area (Å²) in [7, 11) is 0. The Labute approximate surface area is 83.1 Å². The predicted molar refractivity (Wildman–Crippen MR) is 50.3 cm³/mol. The first kappa shape index (κ1) is 9.50. The molecule has 0 radical (unpaired) electrons. The first-order chi connectivity index (χ1) is 5.69. The second-order valence-electron chi connectivity index (χ2n) is 2.14. The topological polar surface area (TPSA) is 4.36 Å². The Balaban J connectivity index is 3.36. The van der Waals surface area contributed by atoms with Crippen LogP contribution in [0.5, 0.6) is 0 Å². The molecule has 0 N–H and O–H groups in total. The van der Waals surface area contributed by atoms with Crippen LogP contribution in [0.25, 0.3) is 4.85 Å². The van der Waals surface area contributed by atoms with Gasteiger partial charge in [-0.25, -0.2) is 9.24 Å². The van der Waals surface area contributed by atoms with E-state index in [1.165, 1.54) is 6.07 Å². The Morgan fingerprint density at radius 2 is 2.25 bits per heavy atom. The van der Waals surface area contributed by atoms with Gasteiger partial charge in [0.15, 0.2) is 0 Å². The molecule has 0 saturated carbocycles. The van der Waals surface area contributed by atoms with Gasteiger partial charge in [0.1, 0.15) is 5.82 Å². The van der Waals surface area contributed by atoms with Crippen molar-refractivity contribution < 1.29 is 4.39 Å². The van der Waals surface area contributed by atoms with Gasteiger partial charge in [0.25, 0.3) is 0 Å². The molecule has 4 heteroatoms. The fraction of sp³-hybridized carbons (Fsp3) is 0.125. The van der Waals surface area contributed by atoms with Gasteiger partial charge < -0.3 is 0 Å². The highest BCUT2D eigenvalue weighted by Gasteiger charge is 2.08. The van der Waals surface area contributed by atoms with Gasteiger partial charge in [0, 0.05) is 5.33 Å². The van der Waals surface area contributed by atoms with Gasteiger partial charge in [-0.2, -0.15) is 0 Å². The van der Waals surface area contributed by atoms with Crippen LogP contribution in [-0.2, 0) is 5.33 Å². The molecule has 0 spiro atoms. The van der Waals surface area contributed by atoms with Crippen molar-refractivity contribution in [1.29, 1.82) is 0 Å². The van der Waals surface area contributed by atoms with Crippen LogP contribution >= 0.6 is 27.5 Å². The van der Waals surface area contributed by atoms with Gasteiger partial charge in [-0.1, -0.05) is 27.5 Å². The fourth-order valence-electron chi connectivity index (χ4n) is 0.846. The van der Waals surface area contributed by atoms with E-state index >= 15 is 0 Å². The maximum atomic E-state index is 12.7. The lowest BCUT2D eigenvalue weighted by molar-refractivity contribution is 0.627. The molecule has 0 amide bonds. The molecule has 0 fully saturated rings. The summed E-state index contributed by atoms with van der Waals surface area (Å²) in [5.41, 5.74) is 0.893. The lowest BCUT2D eigenvalue weighted by Gasteiger charge is -2.01. The lowest BCUT2D eigenvalue weighted by Crippen LogP contribution is -1.82. The number of hydrogen-bond donors (Lipinski definition) is 0. The number of nitrogens with zero attached hydrogens (tertiary/aromatic N) is 1. The smallest absolute Gasteiger partial charge is 0.209 e. The SMILES string of the molecule is [C-]#[N+]c1c(Cl)cc(F)cc1CBr. The Kier molecular flexibility index (Phi) is 3.07. The van der Waals surface area contributed by atoms with Crippen molar-refractivity contribution in [3.05, 3.63) is 40.0 Å². The molecule has 12 heavy (non-hydrogen) atoms. The largest absolute Gasteiger partial charge is 0.236 e. The van der Waals surface area contributed by atoms with Crippen molar-refractivity contribution >= 4 is 33.2 Å². The Bertz CT molecular complexity index is 346. The third-order valence-corrected chi connectivity index (χ3v) is 2.26. The molecule has 1 nitrogen and oxygen atoms in total. The molecule has 0 aliphatic heterocycles. The summed E-state index contributed by atoms with van der Waals surface area (Å²) in [6.07, 6.45) is 0. The maximum Gasteiger partial charge on any atom is 0.209 e. The second-order valence-corrected chi connectivity index (χ2v) is 3.11. The molecule has 0 aromatic heterocycles. The number of rotatable bonds is 1. The van der Waals surface area contributed by atoms with Crippen LogP contribution < -0.4 is 0 Å². The van der Waals surface area contributed by atoms with Gasteiger partial charge in [0.05, 0.1) is 11.6 Å². The van der Waals surface area contributed by atoms with Gasteiger partial charge >= 0.3 is 0 Å². The highest BCUT2D eigenvalue weighted by atomic mass is 79.9. The highest BCUT2D eigenvalue weighted by molar-refractivity contribution is 9.08. The predicted octanol–water partition coefficient (Wildman–Crippen LogP) is 3.92. The second kappa shape index (κ2) is 3.88. The minimum absolute atomic E-state index is 0.166. The van der Waals surface area contributed by atoms with Crippen molar-refractivity contribution in [3.8, 4) is 0 Å². The first-order valence-corrected chi connectivity index (χ1v) is 4.60. The van der Waals surface area contributed by atoms with Crippen molar-refractivity contribution in [2.24, 2.45) is 0 Å². The summed E-state index contributed by atoms with van der Waals surface area (Å²) in [5.74, 6) is -0.415. The number of halogens is 3. The molecule has 1 rings (SSSR count). The van der Waals surface area contributed by atoms with E-state index in [1.807, 2.05) is 0 Å². The zero-order valence-electron chi connectivity index (χ0n) is 5.94. The zero-order valence-corrected chi connectivity index (χ0v) is 8.28. The van der Waals surface area contributed by atoms with Crippen molar-refractivity contribution in [1.82, 2.24) is 0 Å². The summed E-state index contributed by atoms with van der Waals surface area (Å²) >= 11 is 8.79. The van der Waals surface area contributed by atoms with Gasteiger partial charge in [-0.3, -0.25) is 0 Å². The lowest BCUT2D eigenvalue weighted by atomic mass is 10.2. The minimum atomic E-state index is -0.415. The zero-order chi connectivity index (χ0) is 9.14. The van der Waals surface area contributed by atoms with E-state index in [-0.39, 0.29) is 5.02 Å². The monoisotopic (exact) mass is 247 g/mol. The maximum absolute atomic E-state index is 12.7. The standard InChI is InChI=1S/C8H4BrClFN/c1-12-8-5(4-9)2-6(11)3-7(8)10/h2-3H,4H2. The molecule has 0 atom stereocenters. The van der Waals surface area contributed by atoms with Crippen LogP contribution in [0.2, 0.25) is 5.02 Å². The number of benzene rings is 1. The van der Waals surface area contributed by atoms with E-state index in [0.717, 1.165) is 6.07 Å². The summed E-state index contributed by atoms with van der Waals surface area (Å²) in [6.45, 7) is 6.80. The molecule has 62 valence electrons. The summed E-state index contributed by atoms with van der Waals surface area (Å²) in [5, 5.41) is 0.599. The molecule has 0 aliphatic rings. The van der Waals surface area contributed by atoms with Gasteiger partial charge in [0.2, 0.25) is 5.69 Å². The molecule has 1 aromatic rings. The van der Waals surface area contributed by atoms with Crippen molar-refractivity contribution in [2.45, 2.75) is 5.33 Å². The summed E-state index contributed by atoms with van der Waals surface area (Å²) in [4.78, 5) is 3.20. The molecule has 0 heterocycles. The van der Waals surface area contributed by atoms with Crippen LogP contribution in [0.1, 0.15) is 5.56 Å². The Morgan fingerprint density at radius 3 is 2.75 bits per heavy atom. The van der Waals surface area contributed by atoms with Gasteiger partial charge in [-0.15, -0.1) is 0 Å². The number of hydrogen-bond acceptors (Lipinski definition) is 0. The van der Waals surface area contributed by atoms with E-state index in [2.05, 4.69) is 20.8 Å². The van der Waals surface area contributed by atoms with Crippen LogP contribution in [0.3, 0.4) is 0 Å². The molecule has 1 aromatic carbocycles. The molecule has 0 aliphatic carbocycles. The quantitative estimate of drug-likeness (QED) is 0.524. The molecule has 0 saturated heterocycles. The van der Waals surface area contributed by atoms with Crippen molar-refractivity contribution in [2.75, 3.05) is 0 Å². The fourth-order valence-corrected chi connectivity index (χ4v) is 1.54. The van der Waals surface area contributed by atoms with Crippen LogP contribution in [0, 0.1) is 12.4 Å². The van der Waals surface area contributed by atoms with Crippen LogP contribution in [0.15, 0.2) is 12.1 Å². The highest BCUT2D eigenvalue weighted by Crippen LogP contribution is 2.31. The molecule has 0 unspecified atom stereocenters. The van der Waals surface area contributed by atoms with Crippen LogP contribution in [0.4, 0.5) is 10.1 Å².